The number of morpholine rings is 2. The largest absolute Gasteiger partial charge is 0.395 e. The Morgan fingerprint density at radius 2 is 1.40 bits per heavy atom. The third-order valence-electron chi connectivity index (χ3n) is 7.20. The summed E-state index contributed by atoms with van der Waals surface area (Å²) >= 11 is 0. The van der Waals surface area contributed by atoms with Crippen molar-refractivity contribution in [2.24, 2.45) is 0 Å². The van der Waals surface area contributed by atoms with E-state index in [1.165, 1.54) is 0 Å². The predicted octanol–water partition coefficient (Wildman–Crippen LogP) is 3.11. The highest BCUT2D eigenvalue weighted by Gasteiger charge is 2.31. The van der Waals surface area contributed by atoms with Gasteiger partial charge in [-0.1, -0.05) is 30.3 Å². The molecule has 13 heteroatoms. The van der Waals surface area contributed by atoms with Crippen LogP contribution in [0, 0.1) is 0 Å². The number of nitrogens with zero attached hydrogens (tertiary/aromatic N) is 7. The van der Waals surface area contributed by atoms with E-state index in [1.807, 2.05) is 49.1 Å². The molecule has 5 rings (SSSR count). The van der Waals surface area contributed by atoms with Gasteiger partial charge in [-0.25, -0.2) is 9.97 Å². The summed E-state index contributed by atoms with van der Waals surface area (Å²) in [6, 6.07) is 10.0. The SMILES string of the molecule is CC1CN(c2nc3nc(N4C[C@@H](C)O[C@@H](C)C4)nc(N(CCO)CC(C)(C)O)c3nc2-c2ccccc2)CC(C)O1.S.S. The molecule has 0 spiro atoms. The van der Waals surface area contributed by atoms with Crippen molar-refractivity contribution in [3.8, 4) is 11.3 Å². The van der Waals surface area contributed by atoms with Gasteiger partial charge < -0.3 is 34.4 Å². The predicted molar refractivity (Wildman–Crippen MR) is 181 cm³/mol. The summed E-state index contributed by atoms with van der Waals surface area (Å²) in [6.45, 7) is 14.8. The van der Waals surface area contributed by atoms with Gasteiger partial charge in [0.05, 0.1) is 36.6 Å². The van der Waals surface area contributed by atoms with E-state index >= 15 is 0 Å². The Bertz CT molecular complexity index is 1330. The quantitative estimate of drug-likeness (QED) is 0.381. The van der Waals surface area contributed by atoms with Gasteiger partial charge >= 0.3 is 0 Å². The number of ether oxygens (including phenoxy) is 2. The van der Waals surface area contributed by atoms with Crippen molar-refractivity contribution in [1.82, 2.24) is 19.9 Å². The van der Waals surface area contributed by atoms with Gasteiger partial charge in [0.15, 0.2) is 22.8 Å². The summed E-state index contributed by atoms with van der Waals surface area (Å²) in [5.74, 6) is 1.82. The zero-order valence-corrected chi connectivity index (χ0v) is 28.0. The number of anilines is 3. The third kappa shape index (κ3) is 8.40. The van der Waals surface area contributed by atoms with Crippen LogP contribution in [0.5, 0.6) is 0 Å². The Morgan fingerprint density at radius 3 is 1.93 bits per heavy atom. The van der Waals surface area contributed by atoms with Gasteiger partial charge in [0.2, 0.25) is 5.95 Å². The lowest BCUT2D eigenvalue weighted by Crippen LogP contribution is -2.47. The van der Waals surface area contributed by atoms with Crippen LogP contribution in [0.1, 0.15) is 41.5 Å². The molecule has 238 valence electrons. The zero-order chi connectivity index (χ0) is 29.3. The van der Waals surface area contributed by atoms with Crippen LogP contribution in [-0.4, -0.2) is 106 Å². The summed E-state index contributed by atoms with van der Waals surface area (Å²) < 4.78 is 12.0. The first-order chi connectivity index (χ1) is 19.5. The van der Waals surface area contributed by atoms with Crippen molar-refractivity contribution in [3.63, 3.8) is 0 Å². The molecule has 0 radical (unpaired) electrons. The molecular weight excluding hydrogens is 587 g/mol. The number of aliphatic hydroxyl groups excluding tert-OH is 1. The molecule has 11 nitrogen and oxygen atoms in total. The van der Waals surface area contributed by atoms with Crippen molar-refractivity contribution >= 4 is 55.7 Å². The number of benzene rings is 1. The van der Waals surface area contributed by atoms with Gasteiger partial charge in [0, 0.05) is 44.8 Å². The highest BCUT2D eigenvalue weighted by atomic mass is 32.1. The highest BCUT2D eigenvalue weighted by molar-refractivity contribution is 7.59. The lowest BCUT2D eigenvalue weighted by Gasteiger charge is -2.37. The molecule has 4 atom stereocenters. The number of aromatic nitrogens is 4. The average molecular weight is 634 g/mol. The summed E-state index contributed by atoms with van der Waals surface area (Å²) in [4.78, 5) is 26.6. The van der Waals surface area contributed by atoms with Gasteiger partial charge in [0.1, 0.15) is 5.69 Å². The minimum Gasteiger partial charge on any atom is -0.395 e. The molecule has 2 aromatic heterocycles. The molecule has 0 aliphatic carbocycles. The number of hydrogen-bond donors (Lipinski definition) is 2. The van der Waals surface area contributed by atoms with Gasteiger partial charge in [-0.2, -0.15) is 37.0 Å². The molecule has 0 bridgehead atoms. The van der Waals surface area contributed by atoms with E-state index in [1.54, 1.807) is 13.8 Å². The summed E-state index contributed by atoms with van der Waals surface area (Å²) in [5.41, 5.74) is 1.63. The molecule has 2 fully saturated rings. The third-order valence-corrected chi connectivity index (χ3v) is 7.20. The second-order valence-corrected chi connectivity index (χ2v) is 12.1. The second kappa shape index (κ2) is 14.6. The standard InChI is InChI=1S/C30H43N7O4.2H2S/c1-19-14-36(15-20(2)40-19)27-24(23-10-8-7-9-11-23)31-25-26(32-27)33-29(37-16-21(3)41-22(4)17-37)34-28(25)35(12-13-38)18-30(5,6)39;;/h7-11,19-22,38-39H,12-18H2,1-6H3;2*1H2/t19?,20?,21-,22+;;. The number of aliphatic hydroxyl groups is 2. The van der Waals surface area contributed by atoms with Crippen LogP contribution in [0.4, 0.5) is 17.6 Å². The van der Waals surface area contributed by atoms with Gasteiger partial charge in [-0.05, 0) is 41.5 Å². The van der Waals surface area contributed by atoms with Crippen molar-refractivity contribution in [2.75, 3.05) is 60.6 Å². The number of rotatable bonds is 8. The van der Waals surface area contributed by atoms with Crippen molar-refractivity contribution < 1.29 is 19.7 Å². The van der Waals surface area contributed by atoms with E-state index in [0.717, 1.165) is 17.1 Å². The van der Waals surface area contributed by atoms with E-state index < -0.39 is 5.60 Å². The van der Waals surface area contributed by atoms with Crippen LogP contribution in [0.25, 0.3) is 22.4 Å². The molecule has 2 N–H and O–H groups in total. The van der Waals surface area contributed by atoms with Crippen LogP contribution >= 0.6 is 27.0 Å². The molecule has 2 aliphatic heterocycles. The van der Waals surface area contributed by atoms with Crippen LogP contribution in [0.15, 0.2) is 30.3 Å². The number of fused-ring (bicyclic) bond motifs is 1. The molecule has 1 aromatic carbocycles. The summed E-state index contributed by atoms with van der Waals surface area (Å²) in [6.07, 6.45) is 0.119. The first kappa shape index (κ1) is 35.1. The van der Waals surface area contributed by atoms with Gasteiger partial charge in [-0.15, -0.1) is 0 Å². The molecule has 0 amide bonds. The van der Waals surface area contributed by atoms with Crippen molar-refractivity contribution in [3.05, 3.63) is 30.3 Å². The Labute approximate surface area is 268 Å². The maximum atomic E-state index is 10.8. The smallest absolute Gasteiger partial charge is 0.229 e. The fourth-order valence-electron chi connectivity index (χ4n) is 5.83. The Morgan fingerprint density at radius 1 is 0.837 bits per heavy atom. The fraction of sp³-hybridized carbons (Fsp3) is 0.600. The molecule has 3 aromatic rings. The average Bonchev–Trinajstić information content (AvgIpc) is 2.90. The van der Waals surface area contributed by atoms with Crippen LogP contribution in [0.2, 0.25) is 0 Å². The van der Waals surface area contributed by atoms with E-state index in [0.29, 0.717) is 49.1 Å². The fourth-order valence-corrected chi connectivity index (χ4v) is 5.83. The van der Waals surface area contributed by atoms with E-state index in [4.69, 9.17) is 29.4 Å². The molecule has 2 saturated heterocycles. The molecule has 2 aliphatic rings. The minimum atomic E-state index is -1.04. The first-order valence-electron chi connectivity index (χ1n) is 14.5. The van der Waals surface area contributed by atoms with Crippen LogP contribution < -0.4 is 14.7 Å². The van der Waals surface area contributed by atoms with Gasteiger partial charge in [0.25, 0.3) is 0 Å². The van der Waals surface area contributed by atoms with E-state index in [9.17, 15) is 10.2 Å². The monoisotopic (exact) mass is 633 g/mol. The molecule has 4 heterocycles. The zero-order valence-electron chi connectivity index (χ0n) is 26.0. The summed E-state index contributed by atoms with van der Waals surface area (Å²) in [5, 5.41) is 20.8. The molecule has 43 heavy (non-hydrogen) atoms. The van der Waals surface area contributed by atoms with Crippen molar-refractivity contribution in [2.45, 2.75) is 71.6 Å². The first-order valence-corrected chi connectivity index (χ1v) is 14.5. The Balaban J connectivity index is 0.00000253. The minimum absolute atomic E-state index is 0. The Kier molecular flexibility index (Phi) is 11.9. The van der Waals surface area contributed by atoms with Gasteiger partial charge in [-0.3, -0.25) is 0 Å². The lowest BCUT2D eigenvalue weighted by molar-refractivity contribution is -0.00580. The molecule has 0 saturated carbocycles. The Hall–Kier alpha value is -2.42. The van der Waals surface area contributed by atoms with Crippen LogP contribution in [-0.2, 0) is 9.47 Å². The lowest BCUT2D eigenvalue weighted by atomic mass is 10.1. The maximum Gasteiger partial charge on any atom is 0.229 e. The second-order valence-electron chi connectivity index (χ2n) is 12.1. The molecule has 2 unspecified atom stereocenters. The van der Waals surface area contributed by atoms with E-state index in [-0.39, 0.29) is 71.1 Å². The molecular formula is C30H47N7O4S2. The van der Waals surface area contributed by atoms with Crippen molar-refractivity contribution in [1.29, 1.82) is 0 Å². The maximum absolute atomic E-state index is 10.8. The summed E-state index contributed by atoms with van der Waals surface area (Å²) in [7, 11) is 0. The number of hydrogen-bond acceptors (Lipinski definition) is 11. The highest BCUT2D eigenvalue weighted by Crippen LogP contribution is 2.35. The topological polar surface area (TPSA) is 120 Å². The van der Waals surface area contributed by atoms with E-state index in [2.05, 4.69) is 23.6 Å². The normalized spacial score (nSPS) is 22.6. The van der Waals surface area contributed by atoms with Crippen LogP contribution in [0.3, 0.4) is 0 Å².